The summed E-state index contributed by atoms with van der Waals surface area (Å²) in [5, 5.41) is 14.9. The minimum Gasteiger partial charge on any atom is -0.481 e. The standard InChI is InChI=1S/C13H24N2O5S/c1-12(2,11(17)18)13(3,4)15-10(16)7-9-8-21(19,20)6-5-14-9/h9,14H,5-8H2,1-4H3,(H,15,16)(H,17,18). The lowest BCUT2D eigenvalue weighted by molar-refractivity contribution is -0.151. The van der Waals surface area contributed by atoms with Gasteiger partial charge < -0.3 is 15.7 Å². The van der Waals surface area contributed by atoms with Gasteiger partial charge in [-0.25, -0.2) is 8.42 Å². The zero-order valence-corrected chi connectivity index (χ0v) is 13.7. The molecule has 0 aromatic carbocycles. The van der Waals surface area contributed by atoms with Crippen LogP contribution in [0.3, 0.4) is 0 Å². The van der Waals surface area contributed by atoms with E-state index in [0.717, 1.165) is 0 Å². The van der Waals surface area contributed by atoms with Crippen LogP contribution in [0.2, 0.25) is 0 Å². The van der Waals surface area contributed by atoms with E-state index in [4.69, 9.17) is 0 Å². The molecule has 1 unspecified atom stereocenters. The van der Waals surface area contributed by atoms with Gasteiger partial charge in [-0.1, -0.05) is 0 Å². The molecule has 0 aliphatic carbocycles. The summed E-state index contributed by atoms with van der Waals surface area (Å²) >= 11 is 0. The molecule has 0 saturated carbocycles. The highest BCUT2D eigenvalue weighted by molar-refractivity contribution is 7.91. The van der Waals surface area contributed by atoms with Crippen molar-refractivity contribution in [2.75, 3.05) is 18.1 Å². The number of carboxylic acid groups (broad SMARTS) is 1. The van der Waals surface area contributed by atoms with Crippen molar-refractivity contribution in [3.05, 3.63) is 0 Å². The summed E-state index contributed by atoms with van der Waals surface area (Å²) in [6.45, 7) is 6.70. The summed E-state index contributed by atoms with van der Waals surface area (Å²) in [6.07, 6.45) is 0.0123. The van der Waals surface area contributed by atoms with E-state index in [0.29, 0.717) is 6.54 Å². The molecule has 1 aliphatic heterocycles. The molecule has 0 aromatic heterocycles. The summed E-state index contributed by atoms with van der Waals surface area (Å²) in [7, 11) is -3.10. The first-order valence-corrected chi connectivity index (χ1v) is 8.68. The molecule has 1 rings (SSSR count). The van der Waals surface area contributed by atoms with Crippen molar-refractivity contribution in [2.24, 2.45) is 5.41 Å². The lowest BCUT2D eigenvalue weighted by Gasteiger charge is -2.39. The van der Waals surface area contributed by atoms with Gasteiger partial charge >= 0.3 is 5.97 Å². The van der Waals surface area contributed by atoms with Crippen molar-refractivity contribution in [3.63, 3.8) is 0 Å². The van der Waals surface area contributed by atoms with Crippen LogP contribution in [-0.4, -0.2) is 55.0 Å². The first-order valence-electron chi connectivity index (χ1n) is 6.85. The Labute approximate surface area is 125 Å². The molecule has 8 heteroatoms. The second kappa shape index (κ2) is 5.92. The summed E-state index contributed by atoms with van der Waals surface area (Å²) in [5.74, 6) is -1.35. The van der Waals surface area contributed by atoms with Crippen molar-refractivity contribution in [1.82, 2.24) is 10.6 Å². The number of nitrogens with one attached hydrogen (secondary N) is 2. The van der Waals surface area contributed by atoms with E-state index in [-0.39, 0.29) is 23.8 Å². The monoisotopic (exact) mass is 320 g/mol. The third-order valence-electron chi connectivity index (χ3n) is 4.28. The Morgan fingerprint density at radius 3 is 2.33 bits per heavy atom. The molecule has 122 valence electrons. The molecule has 0 radical (unpaired) electrons. The molecule has 21 heavy (non-hydrogen) atoms. The fourth-order valence-corrected chi connectivity index (χ4v) is 3.49. The van der Waals surface area contributed by atoms with Crippen LogP contribution in [0.15, 0.2) is 0 Å². The molecule has 3 N–H and O–H groups in total. The third-order valence-corrected chi connectivity index (χ3v) is 6.02. The van der Waals surface area contributed by atoms with Gasteiger partial charge in [0.15, 0.2) is 9.84 Å². The van der Waals surface area contributed by atoms with Crippen LogP contribution < -0.4 is 10.6 Å². The number of carbonyl (C=O) groups is 2. The second-order valence-corrected chi connectivity index (χ2v) is 8.80. The Balaban J connectivity index is 2.67. The largest absolute Gasteiger partial charge is 0.481 e. The van der Waals surface area contributed by atoms with Crippen molar-refractivity contribution in [3.8, 4) is 0 Å². The highest BCUT2D eigenvalue weighted by atomic mass is 32.2. The molecule has 0 spiro atoms. The van der Waals surface area contributed by atoms with E-state index >= 15 is 0 Å². The molecule has 0 bridgehead atoms. The van der Waals surface area contributed by atoms with Crippen LogP contribution >= 0.6 is 0 Å². The van der Waals surface area contributed by atoms with E-state index in [1.54, 1.807) is 27.7 Å². The Morgan fingerprint density at radius 2 is 1.86 bits per heavy atom. The van der Waals surface area contributed by atoms with Gasteiger partial charge in [0.05, 0.1) is 16.9 Å². The maximum atomic E-state index is 12.1. The van der Waals surface area contributed by atoms with Crippen molar-refractivity contribution in [2.45, 2.75) is 45.7 Å². The smallest absolute Gasteiger partial charge is 0.311 e. The van der Waals surface area contributed by atoms with E-state index in [9.17, 15) is 23.1 Å². The molecular weight excluding hydrogens is 296 g/mol. The number of carboxylic acids is 1. The maximum absolute atomic E-state index is 12.1. The van der Waals surface area contributed by atoms with Gasteiger partial charge in [-0.2, -0.15) is 0 Å². The summed E-state index contributed by atoms with van der Waals surface area (Å²) in [4.78, 5) is 23.3. The van der Waals surface area contributed by atoms with Crippen molar-refractivity contribution < 1.29 is 23.1 Å². The lowest BCUT2D eigenvalue weighted by Crippen LogP contribution is -2.58. The minimum absolute atomic E-state index is 0.0123. The van der Waals surface area contributed by atoms with Crippen molar-refractivity contribution >= 4 is 21.7 Å². The van der Waals surface area contributed by atoms with Crippen molar-refractivity contribution in [1.29, 1.82) is 0 Å². The molecular formula is C13H24N2O5S. The SMILES string of the molecule is CC(C)(NC(=O)CC1CS(=O)(=O)CCN1)C(C)(C)C(=O)O. The zero-order valence-electron chi connectivity index (χ0n) is 12.9. The third kappa shape index (κ3) is 4.41. The van der Waals surface area contributed by atoms with Gasteiger partial charge in [0, 0.05) is 24.5 Å². The Bertz CT molecular complexity index is 525. The number of rotatable bonds is 5. The van der Waals surface area contributed by atoms with Gasteiger partial charge in [-0.3, -0.25) is 9.59 Å². The van der Waals surface area contributed by atoms with Gasteiger partial charge in [0.1, 0.15) is 0 Å². The van der Waals surface area contributed by atoms with Gasteiger partial charge in [0.2, 0.25) is 5.91 Å². The van der Waals surface area contributed by atoms with E-state index in [2.05, 4.69) is 10.6 Å². The predicted molar refractivity (Wildman–Crippen MR) is 78.7 cm³/mol. The number of amides is 1. The fraction of sp³-hybridized carbons (Fsp3) is 0.846. The van der Waals surface area contributed by atoms with Crippen LogP contribution in [0.4, 0.5) is 0 Å². The number of hydrogen-bond acceptors (Lipinski definition) is 5. The normalized spacial score (nSPS) is 22.6. The first kappa shape index (κ1) is 17.9. The lowest BCUT2D eigenvalue weighted by atomic mass is 9.74. The Morgan fingerprint density at radius 1 is 1.29 bits per heavy atom. The minimum atomic E-state index is -3.10. The molecule has 1 heterocycles. The molecule has 7 nitrogen and oxygen atoms in total. The quantitative estimate of drug-likeness (QED) is 0.645. The van der Waals surface area contributed by atoms with Crippen LogP contribution in [0, 0.1) is 5.41 Å². The summed E-state index contributed by atoms with van der Waals surface area (Å²) in [5.41, 5.74) is -2.10. The molecule has 0 aromatic rings. The second-order valence-electron chi connectivity index (χ2n) is 6.57. The summed E-state index contributed by atoms with van der Waals surface area (Å²) < 4.78 is 23.1. The number of sulfone groups is 1. The number of hydrogen-bond donors (Lipinski definition) is 3. The molecule has 1 saturated heterocycles. The average molecular weight is 320 g/mol. The number of aliphatic carboxylic acids is 1. The van der Waals surface area contributed by atoms with E-state index in [1.807, 2.05) is 0 Å². The van der Waals surface area contributed by atoms with Crippen LogP contribution in [0.5, 0.6) is 0 Å². The Kier molecular flexibility index (Phi) is 5.05. The highest BCUT2D eigenvalue weighted by Gasteiger charge is 2.44. The van der Waals surface area contributed by atoms with E-state index in [1.165, 1.54) is 0 Å². The molecule has 1 aliphatic rings. The number of carbonyl (C=O) groups excluding carboxylic acids is 1. The summed E-state index contributed by atoms with van der Waals surface area (Å²) in [6, 6.07) is -0.424. The van der Waals surface area contributed by atoms with Crippen LogP contribution in [0.25, 0.3) is 0 Å². The maximum Gasteiger partial charge on any atom is 0.311 e. The fourth-order valence-electron chi connectivity index (χ4n) is 2.05. The highest BCUT2D eigenvalue weighted by Crippen LogP contribution is 2.30. The predicted octanol–water partition coefficient (Wildman–Crippen LogP) is -0.231. The average Bonchev–Trinajstić information content (AvgIpc) is 2.25. The zero-order chi connectivity index (χ0) is 16.5. The topological polar surface area (TPSA) is 113 Å². The molecule has 1 amide bonds. The first-order chi connectivity index (χ1) is 9.37. The Hall–Kier alpha value is -1.15. The van der Waals surface area contributed by atoms with Gasteiger partial charge in [-0.05, 0) is 27.7 Å². The van der Waals surface area contributed by atoms with Crippen LogP contribution in [-0.2, 0) is 19.4 Å². The van der Waals surface area contributed by atoms with Gasteiger partial charge in [0.25, 0.3) is 0 Å². The molecule has 1 fully saturated rings. The van der Waals surface area contributed by atoms with E-state index < -0.39 is 32.8 Å². The van der Waals surface area contributed by atoms with Crippen LogP contribution in [0.1, 0.15) is 34.1 Å². The van der Waals surface area contributed by atoms with Gasteiger partial charge in [-0.15, -0.1) is 0 Å². The molecule has 1 atom stereocenters.